The Labute approximate surface area is 192 Å². The Morgan fingerprint density at radius 3 is 2.48 bits per heavy atom. The number of hydrogen-bond acceptors (Lipinski definition) is 4. The number of halogens is 2. The predicted molar refractivity (Wildman–Crippen MR) is 122 cm³/mol. The van der Waals surface area contributed by atoms with Crippen LogP contribution in [0.25, 0.3) is 5.57 Å². The molecule has 162 valence electrons. The number of amides is 2. The molecule has 0 atom stereocenters. The summed E-state index contributed by atoms with van der Waals surface area (Å²) in [6.45, 7) is 5.53. The van der Waals surface area contributed by atoms with Crippen LogP contribution in [0.4, 0.5) is 0 Å². The van der Waals surface area contributed by atoms with E-state index in [0.717, 1.165) is 12.0 Å². The zero-order valence-electron chi connectivity index (χ0n) is 17.5. The molecule has 2 aliphatic rings. The Bertz CT molecular complexity index is 1060. The van der Waals surface area contributed by atoms with Crippen molar-refractivity contribution in [3.05, 3.63) is 74.9 Å². The first kappa shape index (κ1) is 21.9. The molecule has 0 unspecified atom stereocenters. The molecule has 2 heterocycles. The molecule has 2 aliphatic heterocycles. The monoisotopic (exact) mass is 458 g/mol. The van der Waals surface area contributed by atoms with Crippen LogP contribution >= 0.6 is 23.2 Å². The van der Waals surface area contributed by atoms with Gasteiger partial charge in [-0.3, -0.25) is 14.5 Å². The molecule has 5 nitrogen and oxygen atoms in total. The molecular weight excluding hydrogens is 435 g/mol. The Balaban J connectivity index is 1.74. The third-order valence-corrected chi connectivity index (χ3v) is 6.10. The van der Waals surface area contributed by atoms with Gasteiger partial charge in [0.2, 0.25) is 0 Å². The van der Waals surface area contributed by atoms with E-state index in [2.05, 4.69) is 12.1 Å². The Morgan fingerprint density at radius 1 is 1.03 bits per heavy atom. The first-order valence-electron chi connectivity index (χ1n) is 10.4. The van der Waals surface area contributed by atoms with Gasteiger partial charge >= 0.3 is 0 Å². The molecule has 2 aromatic carbocycles. The summed E-state index contributed by atoms with van der Waals surface area (Å²) in [4.78, 5) is 30.1. The van der Waals surface area contributed by atoms with E-state index in [1.807, 2.05) is 30.9 Å². The molecule has 2 amide bonds. The van der Waals surface area contributed by atoms with Crippen molar-refractivity contribution in [3.8, 4) is 0 Å². The average Bonchev–Trinajstić information content (AvgIpc) is 2.98. The Hall–Kier alpha value is -2.34. The molecule has 4 rings (SSSR count). The van der Waals surface area contributed by atoms with Crippen molar-refractivity contribution in [1.29, 1.82) is 0 Å². The fourth-order valence-electron chi connectivity index (χ4n) is 4.06. The minimum atomic E-state index is -0.351. The minimum Gasteiger partial charge on any atom is -0.377 e. The van der Waals surface area contributed by atoms with Crippen LogP contribution in [-0.4, -0.2) is 47.4 Å². The van der Waals surface area contributed by atoms with Gasteiger partial charge in [0.1, 0.15) is 5.70 Å². The molecule has 7 heteroatoms. The van der Waals surface area contributed by atoms with Gasteiger partial charge < -0.3 is 9.64 Å². The minimum absolute atomic E-state index is 0.0176. The lowest BCUT2D eigenvalue weighted by molar-refractivity contribution is -0.138. The van der Waals surface area contributed by atoms with Gasteiger partial charge in [-0.05, 0) is 43.5 Å². The summed E-state index contributed by atoms with van der Waals surface area (Å²) in [7, 11) is 0. The lowest BCUT2D eigenvalue weighted by Crippen LogP contribution is -2.39. The van der Waals surface area contributed by atoms with Crippen molar-refractivity contribution in [2.24, 2.45) is 0 Å². The quantitative estimate of drug-likeness (QED) is 0.595. The van der Waals surface area contributed by atoms with Gasteiger partial charge in [0.25, 0.3) is 11.8 Å². The molecule has 0 saturated heterocycles. The van der Waals surface area contributed by atoms with Crippen molar-refractivity contribution in [2.75, 3.05) is 19.7 Å². The maximum Gasteiger partial charge on any atom is 0.277 e. The normalized spacial score (nSPS) is 16.5. The van der Waals surface area contributed by atoms with E-state index in [-0.39, 0.29) is 31.1 Å². The summed E-state index contributed by atoms with van der Waals surface area (Å²) in [5.74, 6) is -0.659. The van der Waals surface area contributed by atoms with E-state index in [1.165, 1.54) is 10.5 Å². The van der Waals surface area contributed by atoms with Crippen LogP contribution in [0, 0.1) is 0 Å². The third kappa shape index (κ3) is 4.36. The summed E-state index contributed by atoms with van der Waals surface area (Å²) >= 11 is 12.5. The number of ether oxygens (including phenoxy) is 1. The fourth-order valence-corrected chi connectivity index (χ4v) is 4.56. The van der Waals surface area contributed by atoms with Gasteiger partial charge in [-0.2, -0.15) is 0 Å². The zero-order chi connectivity index (χ0) is 22.1. The molecule has 0 spiro atoms. The number of carbonyl (C=O) groups excluding carboxylic acids is 2. The highest BCUT2D eigenvalue weighted by atomic mass is 35.5. The van der Waals surface area contributed by atoms with E-state index in [0.29, 0.717) is 40.0 Å². The van der Waals surface area contributed by atoms with Crippen LogP contribution in [0.2, 0.25) is 10.0 Å². The van der Waals surface area contributed by atoms with Gasteiger partial charge in [-0.1, -0.05) is 53.5 Å². The lowest BCUT2D eigenvalue weighted by atomic mass is 9.98. The number of rotatable bonds is 6. The Kier molecular flexibility index (Phi) is 6.37. The van der Waals surface area contributed by atoms with E-state index >= 15 is 0 Å². The fraction of sp³-hybridized carbons (Fsp3) is 0.333. The van der Waals surface area contributed by atoms with Gasteiger partial charge in [0, 0.05) is 23.7 Å². The van der Waals surface area contributed by atoms with E-state index in [9.17, 15) is 9.59 Å². The van der Waals surface area contributed by atoms with E-state index < -0.39 is 0 Å². The maximum atomic E-state index is 13.4. The highest BCUT2D eigenvalue weighted by molar-refractivity contribution is 6.41. The first-order chi connectivity index (χ1) is 14.9. The summed E-state index contributed by atoms with van der Waals surface area (Å²) in [5.41, 5.74) is 3.67. The topological polar surface area (TPSA) is 49.9 Å². The van der Waals surface area contributed by atoms with Crippen molar-refractivity contribution in [3.63, 3.8) is 0 Å². The van der Waals surface area contributed by atoms with E-state index in [1.54, 1.807) is 18.2 Å². The largest absolute Gasteiger partial charge is 0.377 e. The number of carbonyl (C=O) groups is 2. The van der Waals surface area contributed by atoms with Crippen molar-refractivity contribution in [1.82, 2.24) is 9.80 Å². The van der Waals surface area contributed by atoms with Gasteiger partial charge in [0.05, 0.1) is 29.9 Å². The molecule has 0 saturated carbocycles. The van der Waals surface area contributed by atoms with Crippen LogP contribution in [0.1, 0.15) is 30.5 Å². The number of hydrogen-bond donors (Lipinski definition) is 0. The summed E-state index contributed by atoms with van der Waals surface area (Å²) in [5, 5.41) is 0.820. The molecule has 0 N–H and O–H groups in total. The van der Waals surface area contributed by atoms with Gasteiger partial charge in [0.15, 0.2) is 0 Å². The highest BCUT2D eigenvalue weighted by Crippen LogP contribution is 2.37. The Morgan fingerprint density at radius 2 is 1.77 bits per heavy atom. The van der Waals surface area contributed by atoms with E-state index in [4.69, 9.17) is 27.9 Å². The van der Waals surface area contributed by atoms with Crippen LogP contribution in [-0.2, 0) is 27.3 Å². The third-order valence-electron chi connectivity index (χ3n) is 5.56. The van der Waals surface area contributed by atoms with Crippen LogP contribution in [0.5, 0.6) is 0 Å². The number of nitrogens with zero attached hydrogens (tertiary/aromatic N) is 2. The highest BCUT2D eigenvalue weighted by Gasteiger charge is 2.42. The molecule has 0 bridgehead atoms. The average molecular weight is 459 g/mol. The molecule has 0 aliphatic carbocycles. The predicted octanol–water partition coefficient (Wildman–Crippen LogP) is 4.56. The maximum absolute atomic E-state index is 13.4. The molecule has 31 heavy (non-hydrogen) atoms. The number of benzene rings is 2. The van der Waals surface area contributed by atoms with Crippen molar-refractivity contribution >= 4 is 40.6 Å². The smallest absolute Gasteiger partial charge is 0.277 e. The second-order valence-electron chi connectivity index (χ2n) is 7.97. The summed E-state index contributed by atoms with van der Waals surface area (Å²) in [6, 6.07) is 13.2. The van der Waals surface area contributed by atoms with Crippen molar-refractivity contribution < 1.29 is 14.3 Å². The molecule has 0 fully saturated rings. The molecule has 0 aromatic heterocycles. The van der Waals surface area contributed by atoms with Crippen LogP contribution in [0.15, 0.2) is 48.2 Å². The first-order valence-corrected chi connectivity index (χ1v) is 11.1. The van der Waals surface area contributed by atoms with Crippen LogP contribution in [0.3, 0.4) is 0 Å². The summed E-state index contributed by atoms with van der Waals surface area (Å²) < 4.78 is 5.59. The standard InChI is InChI=1S/C24H24Cl2N2O3/c1-15(2)31-12-11-28-23(29)21(19-8-7-18(25)13-20(19)26)22(24(28)30)27-10-9-16-5-3-4-6-17(16)14-27/h3-8,13,15H,9-12,14H2,1-2H3. The van der Waals surface area contributed by atoms with Crippen LogP contribution < -0.4 is 0 Å². The number of imide groups is 1. The second-order valence-corrected chi connectivity index (χ2v) is 8.81. The second kappa shape index (κ2) is 9.03. The molecule has 0 radical (unpaired) electrons. The van der Waals surface area contributed by atoms with Crippen molar-refractivity contribution in [2.45, 2.75) is 32.9 Å². The van der Waals surface area contributed by atoms with Gasteiger partial charge in [-0.25, -0.2) is 0 Å². The summed E-state index contributed by atoms with van der Waals surface area (Å²) in [6.07, 6.45) is 0.822. The lowest BCUT2D eigenvalue weighted by Gasteiger charge is -2.31. The zero-order valence-corrected chi connectivity index (χ0v) is 19.0. The molecule has 2 aromatic rings. The SMILES string of the molecule is CC(C)OCCN1C(=O)C(c2ccc(Cl)cc2Cl)=C(N2CCc3ccccc3C2)C1=O. The van der Waals surface area contributed by atoms with Gasteiger partial charge in [-0.15, -0.1) is 0 Å². The number of fused-ring (bicyclic) bond motifs is 1. The molecular formula is C24H24Cl2N2O3.